The Hall–Kier alpha value is -1.82. The molecular formula is C15H23FN2O3. The predicted octanol–water partition coefficient (Wildman–Crippen LogP) is 1.91. The molecule has 0 heterocycles. The standard InChI is InChI=1S/C15H23FN2O3/c1-11(2)15(3,20)10-18-14(19)17-7-8-21-13-6-4-5-12(16)9-13/h4-6,9,11,20H,7-8,10H2,1-3H3,(H2,17,18,19). The zero-order valence-electron chi connectivity index (χ0n) is 12.6. The minimum atomic E-state index is -0.949. The van der Waals surface area contributed by atoms with Gasteiger partial charge in [0.25, 0.3) is 0 Å². The molecule has 1 rings (SSSR count). The number of benzene rings is 1. The first-order valence-corrected chi connectivity index (χ1v) is 6.93. The van der Waals surface area contributed by atoms with Crippen LogP contribution in [0.1, 0.15) is 20.8 Å². The van der Waals surface area contributed by atoms with Gasteiger partial charge in [-0.25, -0.2) is 9.18 Å². The van der Waals surface area contributed by atoms with Gasteiger partial charge >= 0.3 is 6.03 Å². The molecule has 0 aliphatic carbocycles. The lowest BCUT2D eigenvalue weighted by molar-refractivity contribution is 0.0166. The molecule has 3 N–H and O–H groups in total. The molecule has 1 unspecified atom stereocenters. The first kappa shape index (κ1) is 17.2. The third kappa shape index (κ3) is 6.44. The molecule has 0 bridgehead atoms. The molecule has 2 amide bonds. The summed E-state index contributed by atoms with van der Waals surface area (Å²) in [6.07, 6.45) is 0. The monoisotopic (exact) mass is 298 g/mol. The van der Waals surface area contributed by atoms with Gasteiger partial charge in [-0.05, 0) is 25.0 Å². The molecule has 0 radical (unpaired) electrons. The third-order valence-electron chi connectivity index (χ3n) is 3.30. The lowest BCUT2D eigenvalue weighted by Gasteiger charge is -2.27. The first-order valence-electron chi connectivity index (χ1n) is 6.93. The van der Waals surface area contributed by atoms with Gasteiger partial charge in [-0.1, -0.05) is 19.9 Å². The maximum atomic E-state index is 12.9. The molecule has 0 saturated heterocycles. The maximum Gasteiger partial charge on any atom is 0.315 e. The fraction of sp³-hybridized carbons (Fsp3) is 0.533. The second kappa shape index (κ2) is 7.83. The quantitative estimate of drug-likeness (QED) is 0.673. The molecule has 5 nitrogen and oxygen atoms in total. The number of nitrogens with one attached hydrogen (secondary N) is 2. The molecule has 1 aromatic carbocycles. The molecule has 6 heteroatoms. The normalized spacial score (nSPS) is 13.6. The summed E-state index contributed by atoms with van der Waals surface area (Å²) in [6.45, 7) is 6.12. The molecule has 118 valence electrons. The summed E-state index contributed by atoms with van der Waals surface area (Å²) in [4.78, 5) is 11.5. The Bertz CT molecular complexity index is 464. The summed E-state index contributed by atoms with van der Waals surface area (Å²) in [5, 5.41) is 15.2. The van der Waals surface area contributed by atoms with E-state index in [4.69, 9.17) is 4.74 Å². The van der Waals surface area contributed by atoms with Crippen molar-refractivity contribution >= 4 is 6.03 Å². The average Bonchev–Trinajstić information content (AvgIpc) is 2.41. The number of aliphatic hydroxyl groups is 1. The van der Waals surface area contributed by atoms with Crippen molar-refractivity contribution in [3.63, 3.8) is 0 Å². The van der Waals surface area contributed by atoms with Gasteiger partial charge in [0.1, 0.15) is 18.2 Å². The van der Waals surface area contributed by atoms with Crippen molar-refractivity contribution in [1.29, 1.82) is 0 Å². The van der Waals surface area contributed by atoms with Crippen LogP contribution in [0.4, 0.5) is 9.18 Å². The summed E-state index contributed by atoms with van der Waals surface area (Å²) in [6, 6.07) is 5.43. The Kier molecular flexibility index (Phi) is 6.42. The molecule has 0 aromatic heterocycles. The van der Waals surface area contributed by atoms with E-state index in [-0.39, 0.29) is 37.5 Å². The van der Waals surface area contributed by atoms with E-state index in [1.54, 1.807) is 19.1 Å². The topological polar surface area (TPSA) is 70.6 Å². The molecule has 0 aliphatic heterocycles. The minimum Gasteiger partial charge on any atom is -0.492 e. The molecule has 1 atom stereocenters. The maximum absolute atomic E-state index is 12.9. The highest BCUT2D eigenvalue weighted by Crippen LogP contribution is 2.14. The Morgan fingerprint density at radius 1 is 1.43 bits per heavy atom. The number of hydrogen-bond acceptors (Lipinski definition) is 3. The van der Waals surface area contributed by atoms with Gasteiger partial charge in [0.05, 0.1) is 12.1 Å². The van der Waals surface area contributed by atoms with Gasteiger partial charge < -0.3 is 20.5 Å². The predicted molar refractivity (Wildman–Crippen MR) is 78.8 cm³/mol. The number of carbonyl (C=O) groups is 1. The Balaban J connectivity index is 2.19. The lowest BCUT2D eigenvalue weighted by Crippen LogP contribution is -2.47. The Morgan fingerprint density at radius 3 is 2.76 bits per heavy atom. The van der Waals surface area contributed by atoms with Crippen LogP contribution in [0.15, 0.2) is 24.3 Å². The van der Waals surface area contributed by atoms with Gasteiger partial charge in [-0.15, -0.1) is 0 Å². The van der Waals surface area contributed by atoms with Gasteiger partial charge in [0, 0.05) is 12.6 Å². The van der Waals surface area contributed by atoms with E-state index in [0.29, 0.717) is 5.75 Å². The summed E-state index contributed by atoms with van der Waals surface area (Å²) < 4.78 is 18.2. The van der Waals surface area contributed by atoms with Crippen molar-refractivity contribution in [1.82, 2.24) is 10.6 Å². The van der Waals surface area contributed by atoms with Crippen LogP contribution in [-0.4, -0.2) is 36.4 Å². The number of urea groups is 1. The highest BCUT2D eigenvalue weighted by Gasteiger charge is 2.25. The molecule has 0 spiro atoms. The fourth-order valence-electron chi connectivity index (χ4n) is 1.42. The largest absolute Gasteiger partial charge is 0.492 e. The van der Waals surface area contributed by atoms with Crippen LogP contribution in [-0.2, 0) is 0 Å². The van der Waals surface area contributed by atoms with E-state index in [9.17, 15) is 14.3 Å². The van der Waals surface area contributed by atoms with Crippen molar-refractivity contribution in [2.75, 3.05) is 19.7 Å². The van der Waals surface area contributed by atoms with Crippen molar-refractivity contribution < 1.29 is 19.0 Å². The Morgan fingerprint density at radius 2 is 2.14 bits per heavy atom. The summed E-state index contributed by atoms with van der Waals surface area (Å²) in [7, 11) is 0. The highest BCUT2D eigenvalue weighted by atomic mass is 19.1. The molecule has 21 heavy (non-hydrogen) atoms. The second-order valence-corrected chi connectivity index (χ2v) is 5.43. The van der Waals surface area contributed by atoms with Gasteiger partial charge in [0.2, 0.25) is 0 Å². The van der Waals surface area contributed by atoms with Crippen molar-refractivity contribution in [2.24, 2.45) is 5.92 Å². The molecule has 0 fully saturated rings. The summed E-state index contributed by atoms with van der Waals surface area (Å²) >= 11 is 0. The molecule has 0 saturated carbocycles. The van der Waals surface area contributed by atoms with Crippen LogP contribution in [0.5, 0.6) is 5.75 Å². The van der Waals surface area contributed by atoms with E-state index >= 15 is 0 Å². The molecular weight excluding hydrogens is 275 g/mol. The number of ether oxygens (including phenoxy) is 1. The molecule has 1 aromatic rings. The van der Waals surface area contributed by atoms with Gasteiger partial charge in [-0.2, -0.15) is 0 Å². The third-order valence-corrected chi connectivity index (χ3v) is 3.30. The lowest BCUT2D eigenvalue weighted by atomic mass is 9.93. The van der Waals surface area contributed by atoms with Gasteiger partial charge in [0.15, 0.2) is 0 Å². The van der Waals surface area contributed by atoms with E-state index in [0.717, 1.165) is 0 Å². The summed E-state index contributed by atoms with van der Waals surface area (Å²) in [5.41, 5.74) is -0.949. The fourth-order valence-corrected chi connectivity index (χ4v) is 1.42. The zero-order chi connectivity index (χ0) is 15.9. The van der Waals surface area contributed by atoms with Crippen LogP contribution in [0.2, 0.25) is 0 Å². The van der Waals surface area contributed by atoms with Crippen molar-refractivity contribution in [3.05, 3.63) is 30.1 Å². The van der Waals surface area contributed by atoms with E-state index < -0.39 is 5.60 Å². The number of hydrogen-bond donors (Lipinski definition) is 3. The average molecular weight is 298 g/mol. The number of rotatable bonds is 7. The van der Waals surface area contributed by atoms with Gasteiger partial charge in [-0.3, -0.25) is 0 Å². The summed E-state index contributed by atoms with van der Waals surface area (Å²) in [5.74, 6) is 0.0863. The van der Waals surface area contributed by atoms with E-state index in [1.165, 1.54) is 12.1 Å². The zero-order valence-corrected chi connectivity index (χ0v) is 12.6. The van der Waals surface area contributed by atoms with Crippen LogP contribution < -0.4 is 15.4 Å². The van der Waals surface area contributed by atoms with Crippen molar-refractivity contribution in [3.8, 4) is 5.75 Å². The van der Waals surface area contributed by atoms with Crippen LogP contribution in [0.25, 0.3) is 0 Å². The molecule has 0 aliphatic rings. The van der Waals surface area contributed by atoms with E-state index in [2.05, 4.69) is 10.6 Å². The van der Waals surface area contributed by atoms with Crippen LogP contribution in [0, 0.1) is 11.7 Å². The van der Waals surface area contributed by atoms with E-state index in [1.807, 2.05) is 13.8 Å². The highest BCUT2D eigenvalue weighted by molar-refractivity contribution is 5.73. The number of carbonyl (C=O) groups excluding carboxylic acids is 1. The number of halogens is 1. The smallest absolute Gasteiger partial charge is 0.315 e. The minimum absolute atomic E-state index is 0.0362. The van der Waals surface area contributed by atoms with Crippen molar-refractivity contribution in [2.45, 2.75) is 26.4 Å². The Labute approximate surface area is 124 Å². The SMILES string of the molecule is CC(C)C(C)(O)CNC(=O)NCCOc1cccc(F)c1. The van der Waals surface area contributed by atoms with Crippen LogP contribution in [0.3, 0.4) is 0 Å². The second-order valence-electron chi connectivity index (χ2n) is 5.43. The number of amides is 2. The first-order chi connectivity index (χ1) is 9.81. The van der Waals surface area contributed by atoms with Crippen LogP contribution >= 0.6 is 0 Å².